The minimum Gasteiger partial charge on any atom is -0.491 e. The molecule has 0 saturated heterocycles. The summed E-state index contributed by atoms with van der Waals surface area (Å²) in [6, 6.07) is 8.48. The molecule has 1 aromatic rings. The molecule has 0 radical (unpaired) electrons. The predicted molar refractivity (Wildman–Crippen MR) is 94.3 cm³/mol. The molecule has 3 atom stereocenters. The SMILES string of the molecule is CSc1ccc(OC(C)CC2CCCCC2NCC(=O)O)cc1. The highest BCUT2D eigenvalue weighted by Gasteiger charge is 2.27. The largest absolute Gasteiger partial charge is 0.491 e. The standard InChI is InChI=1S/C18H27NO3S/c1-13(22-15-7-9-16(23-2)10-8-15)11-14-5-3-4-6-17(14)19-12-18(20)21/h7-10,13-14,17,19H,3-6,11-12H2,1-2H3,(H,20,21). The summed E-state index contributed by atoms with van der Waals surface area (Å²) in [5.41, 5.74) is 0. The number of hydrogen-bond acceptors (Lipinski definition) is 4. The molecule has 1 saturated carbocycles. The van der Waals surface area contributed by atoms with Crippen molar-refractivity contribution >= 4 is 17.7 Å². The van der Waals surface area contributed by atoms with E-state index in [9.17, 15) is 4.79 Å². The van der Waals surface area contributed by atoms with Gasteiger partial charge in [-0.05, 0) is 62.6 Å². The average Bonchev–Trinajstić information content (AvgIpc) is 2.54. The number of aliphatic carboxylic acids is 1. The van der Waals surface area contributed by atoms with Crippen LogP contribution in [0.15, 0.2) is 29.2 Å². The lowest BCUT2D eigenvalue weighted by molar-refractivity contribution is -0.136. The van der Waals surface area contributed by atoms with Gasteiger partial charge in [0, 0.05) is 10.9 Å². The van der Waals surface area contributed by atoms with Gasteiger partial charge in [0.05, 0.1) is 12.6 Å². The molecule has 128 valence electrons. The summed E-state index contributed by atoms with van der Waals surface area (Å²) in [5, 5.41) is 12.1. The van der Waals surface area contributed by atoms with E-state index in [4.69, 9.17) is 9.84 Å². The zero-order valence-electron chi connectivity index (χ0n) is 14.0. The number of rotatable bonds is 8. The third-order valence-corrected chi connectivity index (χ3v) is 5.20. The Morgan fingerprint density at radius 1 is 1.35 bits per heavy atom. The number of thioether (sulfide) groups is 1. The van der Waals surface area contributed by atoms with Gasteiger partial charge in [-0.2, -0.15) is 0 Å². The van der Waals surface area contributed by atoms with Crippen molar-refractivity contribution in [1.29, 1.82) is 0 Å². The monoisotopic (exact) mass is 337 g/mol. The van der Waals surface area contributed by atoms with Gasteiger partial charge in [-0.25, -0.2) is 0 Å². The highest BCUT2D eigenvalue weighted by Crippen LogP contribution is 2.29. The number of hydrogen-bond donors (Lipinski definition) is 2. The molecule has 2 N–H and O–H groups in total. The number of carboxylic acids is 1. The first-order valence-electron chi connectivity index (χ1n) is 8.34. The Morgan fingerprint density at radius 2 is 2.04 bits per heavy atom. The molecule has 1 fully saturated rings. The molecule has 5 heteroatoms. The van der Waals surface area contributed by atoms with Crippen molar-refractivity contribution in [3.63, 3.8) is 0 Å². The van der Waals surface area contributed by atoms with Gasteiger partial charge in [-0.3, -0.25) is 4.79 Å². The maximum Gasteiger partial charge on any atom is 0.317 e. The van der Waals surface area contributed by atoms with Gasteiger partial charge in [-0.1, -0.05) is 12.8 Å². The Kier molecular flexibility index (Phi) is 7.24. The minimum atomic E-state index is -0.785. The number of nitrogens with one attached hydrogen (secondary N) is 1. The van der Waals surface area contributed by atoms with Crippen LogP contribution in [-0.4, -0.2) is 36.0 Å². The molecule has 23 heavy (non-hydrogen) atoms. The summed E-state index contributed by atoms with van der Waals surface area (Å²) >= 11 is 1.72. The fraction of sp³-hybridized carbons (Fsp3) is 0.611. The van der Waals surface area contributed by atoms with E-state index in [0.29, 0.717) is 12.0 Å². The first-order chi connectivity index (χ1) is 11.1. The first-order valence-corrected chi connectivity index (χ1v) is 9.57. The van der Waals surface area contributed by atoms with Crippen molar-refractivity contribution < 1.29 is 14.6 Å². The second-order valence-corrected chi connectivity index (χ2v) is 7.15. The summed E-state index contributed by atoms with van der Waals surface area (Å²) in [5.74, 6) is 0.609. The van der Waals surface area contributed by atoms with Crippen LogP contribution in [0.5, 0.6) is 5.75 Å². The molecular formula is C18H27NO3S. The zero-order valence-corrected chi connectivity index (χ0v) is 14.8. The van der Waals surface area contributed by atoms with Crippen LogP contribution in [0.1, 0.15) is 39.0 Å². The molecule has 4 nitrogen and oxygen atoms in total. The molecule has 0 amide bonds. The molecule has 0 aromatic heterocycles. The van der Waals surface area contributed by atoms with Crippen LogP contribution >= 0.6 is 11.8 Å². The van der Waals surface area contributed by atoms with Crippen molar-refractivity contribution in [2.75, 3.05) is 12.8 Å². The third kappa shape index (κ3) is 6.07. The zero-order chi connectivity index (χ0) is 16.7. The summed E-state index contributed by atoms with van der Waals surface area (Å²) in [7, 11) is 0. The van der Waals surface area contributed by atoms with Crippen LogP contribution in [0.4, 0.5) is 0 Å². The molecule has 1 aliphatic carbocycles. The van der Waals surface area contributed by atoms with Crippen LogP contribution < -0.4 is 10.1 Å². The Balaban J connectivity index is 1.85. The molecule has 0 bridgehead atoms. The van der Waals surface area contributed by atoms with Crippen LogP contribution in [0.3, 0.4) is 0 Å². The number of ether oxygens (including phenoxy) is 1. The summed E-state index contributed by atoms with van der Waals surface area (Å²) < 4.78 is 6.04. The fourth-order valence-corrected chi connectivity index (χ4v) is 3.75. The van der Waals surface area contributed by atoms with Gasteiger partial charge >= 0.3 is 5.97 Å². The average molecular weight is 337 g/mol. The van der Waals surface area contributed by atoms with Crippen LogP contribution in [0.25, 0.3) is 0 Å². The lowest BCUT2D eigenvalue weighted by Gasteiger charge is -2.33. The molecule has 1 aromatic carbocycles. The van der Waals surface area contributed by atoms with E-state index in [-0.39, 0.29) is 12.6 Å². The second kappa shape index (κ2) is 9.18. The van der Waals surface area contributed by atoms with Gasteiger partial charge in [0.25, 0.3) is 0 Å². The topological polar surface area (TPSA) is 58.6 Å². The van der Waals surface area contributed by atoms with Crippen molar-refractivity contribution in [3.8, 4) is 5.75 Å². The second-order valence-electron chi connectivity index (χ2n) is 6.27. The Labute approximate surface area is 143 Å². The molecule has 3 unspecified atom stereocenters. The molecule has 1 aliphatic rings. The quantitative estimate of drug-likeness (QED) is 0.707. The number of benzene rings is 1. The minimum absolute atomic E-state index is 0.0482. The molecule has 0 aliphatic heterocycles. The van der Waals surface area contributed by atoms with Gasteiger partial charge < -0.3 is 15.2 Å². The Hall–Kier alpha value is -1.20. The molecule has 0 spiro atoms. The molecular weight excluding hydrogens is 310 g/mol. The number of carboxylic acid groups (broad SMARTS) is 1. The van der Waals surface area contributed by atoms with Crippen molar-refractivity contribution in [3.05, 3.63) is 24.3 Å². The highest BCUT2D eigenvalue weighted by molar-refractivity contribution is 7.98. The summed E-state index contributed by atoms with van der Waals surface area (Å²) in [6.07, 6.45) is 7.77. The predicted octanol–water partition coefficient (Wildman–Crippen LogP) is 3.80. The lowest BCUT2D eigenvalue weighted by atomic mass is 9.81. The first kappa shape index (κ1) is 18.1. The van der Waals surface area contributed by atoms with Gasteiger partial charge in [0.2, 0.25) is 0 Å². The van der Waals surface area contributed by atoms with Gasteiger partial charge in [-0.15, -0.1) is 11.8 Å². The third-order valence-electron chi connectivity index (χ3n) is 4.46. The summed E-state index contributed by atoms with van der Waals surface area (Å²) in [6.45, 7) is 2.15. The maximum atomic E-state index is 10.8. The van der Waals surface area contributed by atoms with E-state index in [0.717, 1.165) is 25.0 Å². The van der Waals surface area contributed by atoms with Gasteiger partial charge in [0.15, 0.2) is 0 Å². The maximum absolute atomic E-state index is 10.8. The van der Waals surface area contributed by atoms with E-state index >= 15 is 0 Å². The molecule has 0 heterocycles. The van der Waals surface area contributed by atoms with E-state index in [1.165, 1.54) is 17.7 Å². The van der Waals surface area contributed by atoms with Gasteiger partial charge in [0.1, 0.15) is 5.75 Å². The Morgan fingerprint density at radius 3 is 2.70 bits per heavy atom. The van der Waals surface area contributed by atoms with Crippen LogP contribution in [0.2, 0.25) is 0 Å². The van der Waals surface area contributed by atoms with Crippen molar-refractivity contribution in [2.45, 2.75) is 56.1 Å². The van der Waals surface area contributed by atoms with Crippen LogP contribution in [-0.2, 0) is 4.79 Å². The lowest BCUT2D eigenvalue weighted by Crippen LogP contribution is -2.42. The van der Waals surface area contributed by atoms with E-state index in [1.807, 2.05) is 12.1 Å². The Bertz CT molecular complexity index is 492. The smallest absolute Gasteiger partial charge is 0.317 e. The van der Waals surface area contributed by atoms with Crippen molar-refractivity contribution in [2.24, 2.45) is 5.92 Å². The van der Waals surface area contributed by atoms with E-state index in [2.05, 4.69) is 30.6 Å². The van der Waals surface area contributed by atoms with E-state index < -0.39 is 5.97 Å². The normalized spacial score (nSPS) is 22.5. The molecule has 2 rings (SSSR count). The summed E-state index contributed by atoms with van der Waals surface area (Å²) in [4.78, 5) is 12.0. The van der Waals surface area contributed by atoms with Crippen molar-refractivity contribution in [1.82, 2.24) is 5.32 Å². The van der Waals surface area contributed by atoms with Crippen LogP contribution in [0, 0.1) is 5.92 Å². The highest BCUT2D eigenvalue weighted by atomic mass is 32.2. The van der Waals surface area contributed by atoms with E-state index in [1.54, 1.807) is 11.8 Å². The number of carbonyl (C=O) groups is 1. The fourth-order valence-electron chi connectivity index (χ4n) is 3.34.